The van der Waals surface area contributed by atoms with Crippen molar-refractivity contribution in [1.82, 2.24) is 9.96 Å². The molecule has 0 bridgehead atoms. The van der Waals surface area contributed by atoms with Crippen molar-refractivity contribution in [1.29, 1.82) is 0 Å². The van der Waals surface area contributed by atoms with Crippen LogP contribution in [0.1, 0.15) is 15.2 Å². The molecule has 0 aliphatic rings. The van der Waals surface area contributed by atoms with Crippen LogP contribution in [-0.2, 0) is 14.9 Å². The summed E-state index contributed by atoms with van der Waals surface area (Å²) >= 11 is 1.23. The number of rotatable bonds is 7. The summed E-state index contributed by atoms with van der Waals surface area (Å²) in [5, 5.41) is 1.11. The van der Waals surface area contributed by atoms with E-state index in [1.165, 1.54) is 61.0 Å². The summed E-state index contributed by atoms with van der Waals surface area (Å²) in [7, 11) is 2.38. The highest BCUT2D eigenvalue weighted by molar-refractivity contribution is 7.90. The number of sulfonamides is 1. The Bertz CT molecular complexity index is 1300. The number of amides is 1. The maximum Gasteiger partial charge on any atom is 0.287 e. The van der Waals surface area contributed by atoms with Crippen molar-refractivity contribution >= 4 is 33.6 Å². The molecule has 2 aromatic carbocycles. The third-order valence-corrected chi connectivity index (χ3v) is 7.41. The Morgan fingerprint density at radius 3 is 2.33 bits per heavy atom. The number of benzene rings is 2. The zero-order valence-electron chi connectivity index (χ0n) is 18.9. The number of hydrogen-bond acceptors (Lipinski definition) is 5. The molecule has 0 N–H and O–H groups in total. The topological polar surface area (TPSA) is 79.3 Å². The number of hydrogen-bond donors (Lipinski definition) is 0. The van der Waals surface area contributed by atoms with E-state index in [2.05, 4.69) is 4.40 Å². The van der Waals surface area contributed by atoms with Crippen LogP contribution in [0.25, 0.3) is 21.6 Å². The Balaban J connectivity index is 2.14. The lowest BCUT2D eigenvalue weighted by atomic mass is 9.98. The normalized spacial score (nSPS) is 11.7. The Hall–Kier alpha value is -3.08. The molecular formula is C23H24FN3O4S2. The maximum atomic E-state index is 13.9. The molecule has 0 fully saturated rings. The molecule has 1 heterocycles. The average molecular weight is 490 g/mol. The van der Waals surface area contributed by atoms with Gasteiger partial charge in [-0.2, -0.15) is 8.42 Å². The Kier molecular flexibility index (Phi) is 7.31. The van der Waals surface area contributed by atoms with Gasteiger partial charge in [0.25, 0.3) is 15.9 Å². The first-order chi connectivity index (χ1) is 15.5. The van der Waals surface area contributed by atoms with Gasteiger partial charge in [-0.3, -0.25) is 9.63 Å². The molecule has 0 spiro atoms. The minimum atomic E-state index is -3.86. The third-order valence-electron chi connectivity index (χ3n) is 4.85. The Morgan fingerprint density at radius 1 is 1.09 bits per heavy atom. The molecule has 174 valence electrons. The first-order valence-electron chi connectivity index (χ1n) is 9.84. The summed E-state index contributed by atoms with van der Waals surface area (Å²) in [6.45, 7) is 1.85. The molecule has 0 radical (unpaired) electrons. The molecule has 0 saturated heterocycles. The van der Waals surface area contributed by atoms with Gasteiger partial charge in [0.2, 0.25) is 0 Å². The van der Waals surface area contributed by atoms with Gasteiger partial charge in [-0.25, -0.2) is 9.45 Å². The van der Waals surface area contributed by atoms with Gasteiger partial charge in [0.05, 0.1) is 12.0 Å². The number of hydroxylamine groups is 2. The van der Waals surface area contributed by atoms with Gasteiger partial charge < -0.3 is 4.90 Å². The van der Waals surface area contributed by atoms with E-state index in [1.54, 1.807) is 38.4 Å². The van der Waals surface area contributed by atoms with E-state index in [1.807, 2.05) is 6.92 Å². The van der Waals surface area contributed by atoms with Crippen molar-refractivity contribution in [3.8, 4) is 21.6 Å². The molecule has 33 heavy (non-hydrogen) atoms. The fraction of sp³-hybridized carbons (Fsp3) is 0.217. The monoisotopic (exact) mass is 489 g/mol. The van der Waals surface area contributed by atoms with Gasteiger partial charge in [0.1, 0.15) is 17.0 Å². The first-order valence-corrected chi connectivity index (χ1v) is 12.1. The fourth-order valence-electron chi connectivity index (χ4n) is 3.15. The summed E-state index contributed by atoms with van der Waals surface area (Å²) in [6, 6.07) is 12.3. The molecule has 0 unspecified atom stereocenters. The summed E-state index contributed by atoms with van der Waals surface area (Å²) < 4.78 is 42.4. The summed E-state index contributed by atoms with van der Waals surface area (Å²) in [6.07, 6.45) is 1.22. The summed E-state index contributed by atoms with van der Waals surface area (Å²) in [5.41, 5.74) is 2.71. The second-order valence-corrected chi connectivity index (χ2v) is 10.1. The van der Waals surface area contributed by atoms with E-state index in [0.717, 1.165) is 15.5 Å². The van der Waals surface area contributed by atoms with Crippen LogP contribution in [0.15, 0.2) is 57.8 Å². The number of nitrogens with zero attached hydrogens (tertiary/aromatic N) is 3. The lowest BCUT2D eigenvalue weighted by Gasteiger charge is -2.14. The van der Waals surface area contributed by atoms with Crippen LogP contribution in [0.4, 0.5) is 4.39 Å². The van der Waals surface area contributed by atoms with Crippen LogP contribution >= 0.6 is 11.3 Å². The highest BCUT2D eigenvalue weighted by Crippen LogP contribution is 2.42. The zero-order chi connectivity index (χ0) is 24.3. The van der Waals surface area contributed by atoms with Gasteiger partial charge in [0.15, 0.2) is 0 Å². The summed E-state index contributed by atoms with van der Waals surface area (Å²) in [4.78, 5) is 20.8. The maximum absolute atomic E-state index is 13.9. The number of carbonyl (C=O) groups is 1. The van der Waals surface area contributed by atoms with Crippen LogP contribution in [0, 0.1) is 12.7 Å². The number of halogens is 1. The fourth-order valence-corrected chi connectivity index (χ4v) is 5.36. The van der Waals surface area contributed by atoms with E-state index in [-0.39, 0.29) is 16.6 Å². The standard InChI is InChI=1S/C23H24FN3O4S2/c1-15-20(16-9-11-19(12-10-16)33(29,30)25-14-26(2)3)22(23(28)27(4)31-5)32-21(15)17-7-6-8-18(24)13-17/h6-14H,1-5H3. The lowest BCUT2D eigenvalue weighted by molar-refractivity contribution is -0.0753. The predicted molar refractivity (Wildman–Crippen MR) is 128 cm³/mol. The molecule has 0 aliphatic heterocycles. The molecule has 1 amide bonds. The Labute approximate surface area is 196 Å². The second kappa shape index (κ2) is 9.82. The molecular weight excluding hydrogens is 465 g/mol. The van der Waals surface area contributed by atoms with Gasteiger partial charge in [-0.1, -0.05) is 24.3 Å². The van der Waals surface area contributed by atoms with Crippen LogP contribution in [0.5, 0.6) is 0 Å². The lowest BCUT2D eigenvalue weighted by Crippen LogP contribution is -2.25. The molecule has 0 saturated carbocycles. The van der Waals surface area contributed by atoms with Crippen molar-refractivity contribution in [3.63, 3.8) is 0 Å². The van der Waals surface area contributed by atoms with Gasteiger partial charge >= 0.3 is 0 Å². The quantitative estimate of drug-likeness (QED) is 0.279. The number of thiophene rings is 1. The van der Waals surface area contributed by atoms with E-state index in [4.69, 9.17) is 4.84 Å². The molecule has 0 aliphatic carbocycles. The van der Waals surface area contributed by atoms with E-state index in [9.17, 15) is 17.6 Å². The first kappa shape index (κ1) is 24.6. The van der Waals surface area contributed by atoms with Gasteiger partial charge in [-0.05, 0) is 47.9 Å². The van der Waals surface area contributed by atoms with Crippen LogP contribution in [0.3, 0.4) is 0 Å². The minimum absolute atomic E-state index is 0.0319. The molecule has 1 aromatic heterocycles. The largest absolute Gasteiger partial charge is 0.368 e. The number of carbonyl (C=O) groups excluding carboxylic acids is 1. The minimum Gasteiger partial charge on any atom is -0.368 e. The van der Waals surface area contributed by atoms with Crippen LogP contribution in [0.2, 0.25) is 0 Å². The zero-order valence-corrected chi connectivity index (χ0v) is 20.5. The Morgan fingerprint density at radius 2 is 1.76 bits per heavy atom. The van der Waals surface area contributed by atoms with Crippen molar-refractivity contribution in [2.24, 2.45) is 4.40 Å². The highest BCUT2D eigenvalue weighted by atomic mass is 32.2. The molecule has 10 heteroatoms. The van der Waals surface area contributed by atoms with Crippen molar-refractivity contribution in [2.75, 3.05) is 28.3 Å². The van der Waals surface area contributed by atoms with Crippen molar-refractivity contribution in [2.45, 2.75) is 11.8 Å². The van der Waals surface area contributed by atoms with Gasteiger partial charge in [-0.15, -0.1) is 15.7 Å². The molecule has 3 rings (SSSR count). The van der Waals surface area contributed by atoms with Gasteiger partial charge in [0, 0.05) is 31.6 Å². The second-order valence-electron chi connectivity index (χ2n) is 7.44. The molecule has 7 nitrogen and oxygen atoms in total. The van der Waals surface area contributed by atoms with Crippen LogP contribution in [-0.4, -0.2) is 58.9 Å². The third kappa shape index (κ3) is 5.29. The highest BCUT2D eigenvalue weighted by Gasteiger charge is 2.25. The smallest absolute Gasteiger partial charge is 0.287 e. The summed E-state index contributed by atoms with van der Waals surface area (Å²) in [5.74, 6) is -0.743. The van der Waals surface area contributed by atoms with Crippen LogP contribution < -0.4 is 0 Å². The predicted octanol–water partition coefficient (Wildman–Crippen LogP) is 4.44. The van der Waals surface area contributed by atoms with Crippen molar-refractivity contribution in [3.05, 3.63) is 64.8 Å². The average Bonchev–Trinajstić information content (AvgIpc) is 3.13. The van der Waals surface area contributed by atoms with E-state index >= 15 is 0 Å². The molecule has 0 atom stereocenters. The SMILES string of the molecule is CON(C)C(=O)c1sc(-c2cccc(F)c2)c(C)c1-c1ccc(S(=O)(=O)N=CN(C)C)cc1. The molecule has 3 aromatic rings. The van der Waals surface area contributed by atoms with E-state index in [0.29, 0.717) is 21.6 Å². The van der Waals surface area contributed by atoms with Crippen molar-refractivity contribution < 1.29 is 22.4 Å². The van der Waals surface area contributed by atoms with E-state index < -0.39 is 10.0 Å².